The number of piperidine rings is 1. The van der Waals surface area contributed by atoms with Gasteiger partial charge in [0.25, 0.3) is 0 Å². The second-order valence-corrected chi connectivity index (χ2v) is 9.27. The van der Waals surface area contributed by atoms with Crippen molar-refractivity contribution in [3.63, 3.8) is 0 Å². The van der Waals surface area contributed by atoms with Gasteiger partial charge < -0.3 is 24.0 Å². The molecule has 2 aliphatic rings. The zero-order valence-electron chi connectivity index (χ0n) is 16.6. The first kappa shape index (κ1) is 21.4. The summed E-state index contributed by atoms with van der Waals surface area (Å²) < 4.78 is 38.7. The average Bonchev–Trinajstić information content (AvgIpc) is 2.73. The van der Waals surface area contributed by atoms with E-state index in [1.807, 2.05) is 0 Å². The summed E-state index contributed by atoms with van der Waals surface area (Å²) in [4.78, 5) is 28.2. The van der Waals surface area contributed by atoms with Crippen molar-refractivity contribution in [2.24, 2.45) is 0 Å². The van der Waals surface area contributed by atoms with Gasteiger partial charge in [-0.2, -0.15) is 0 Å². The zero-order chi connectivity index (χ0) is 21.0. The predicted molar refractivity (Wildman–Crippen MR) is 104 cm³/mol. The molecule has 0 saturated carbocycles. The van der Waals surface area contributed by atoms with Crippen LogP contribution in [0.15, 0.2) is 29.2 Å². The number of benzene rings is 1. The van der Waals surface area contributed by atoms with Crippen LogP contribution >= 0.6 is 0 Å². The largest absolute Gasteiger partial charge is 0.508 e. The van der Waals surface area contributed by atoms with E-state index in [9.17, 15) is 18.0 Å². The molecule has 2 atom stereocenters. The molecule has 0 N–H and O–H groups in total. The standard InChI is InChI=1S/C19H26N2O7S/c1-26-19(23)28-16-11-15(14-3-5-17(6-4-14)29(2,24)25)12-21(13-16)18(22)20-7-9-27-10-8-20/h3-6,15-16H,7-13H2,1-2H3. The van der Waals surface area contributed by atoms with Gasteiger partial charge in [-0.15, -0.1) is 0 Å². The van der Waals surface area contributed by atoms with Gasteiger partial charge >= 0.3 is 12.2 Å². The number of carbonyl (C=O) groups excluding carboxylic acids is 2. The number of carbonyl (C=O) groups is 2. The van der Waals surface area contributed by atoms with Crippen molar-refractivity contribution in [2.45, 2.75) is 23.3 Å². The molecule has 0 radical (unpaired) electrons. The van der Waals surface area contributed by atoms with Crippen LogP contribution in [0.5, 0.6) is 0 Å². The van der Waals surface area contributed by atoms with Gasteiger partial charge in [0.2, 0.25) is 0 Å². The fourth-order valence-electron chi connectivity index (χ4n) is 3.66. The summed E-state index contributed by atoms with van der Waals surface area (Å²) in [6, 6.07) is 6.50. The van der Waals surface area contributed by atoms with E-state index in [2.05, 4.69) is 4.74 Å². The van der Waals surface area contributed by atoms with E-state index in [0.29, 0.717) is 39.3 Å². The number of urea groups is 1. The van der Waals surface area contributed by atoms with Crippen molar-refractivity contribution in [3.05, 3.63) is 29.8 Å². The third kappa shape index (κ3) is 5.39. The minimum atomic E-state index is -3.29. The Morgan fingerprint density at radius 2 is 1.72 bits per heavy atom. The highest BCUT2D eigenvalue weighted by molar-refractivity contribution is 7.90. The van der Waals surface area contributed by atoms with Crippen LogP contribution in [0, 0.1) is 0 Å². The Hall–Kier alpha value is -2.33. The molecule has 3 rings (SSSR count). The van der Waals surface area contributed by atoms with Crippen LogP contribution in [0.3, 0.4) is 0 Å². The van der Waals surface area contributed by atoms with E-state index < -0.39 is 22.1 Å². The van der Waals surface area contributed by atoms with Crippen molar-refractivity contribution in [2.75, 3.05) is 52.8 Å². The molecule has 0 bridgehead atoms. The number of hydrogen-bond donors (Lipinski definition) is 0. The molecule has 9 nitrogen and oxygen atoms in total. The molecule has 2 heterocycles. The fraction of sp³-hybridized carbons (Fsp3) is 0.579. The van der Waals surface area contributed by atoms with Crippen LogP contribution in [0.4, 0.5) is 9.59 Å². The summed E-state index contributed by atoms with van der Waals surface area (Å²) in [7, 11) is -2.05. The maximum absolute atomic E-state index is 13.0. The van der Waals surface area contributed by atoms with Crippen molar-refractivity contribution in [3.8, 4) is 0 Å². The highest BCUT2D eigenvalue weighted by Gasteiger charge is 2.35. The lowest BCUT2D eigenvalue weighted by molar-refractivity contribution is -0.00314. The molecule has 0 spiro atoms. The normalized spacial score (nSPS) is 22.8. The molecule has 2 saturated heterocycles. The lowest BCUT2D eigenvalue weighted by Crippen LogP contribution is -2.54. The van der Waals surface area contributed by atoms with Crippen LogP contribution < -0.4 is 0 Å². The Morgan fingerprint density at radius 1 is 1.07 bits per heavy atom. The van der Waals surface area contributed by atoms with Crippen LogP contribution in [-0.4, -0.2) is 89.3 Å². The summed E-state index contributed by atoms with van der Waals surface area (Å²) in [6.07, 6.45) is 0.369. The summed E-state index contributed by atoms with van der Waals surface area (Å²) in [5.74, 6) is -0.1000. The first-order valence-corrected chi connectivity index (χ1v) is 11.3. The van der Waals surface area contributed by atoms with Crippen LogP contribution in [0.25, 0.3) is 0 Å². The topological polar surface area (TPSA) is 102 Å². The Bertz CT molecular complexity index is 835. The molecule has 10 heteroatoms. The van der Waals surface area contributed by atoms with Crippen molar-refractivity contribution in [1.29, 1.82) is 0 Å². The molecule has 0 aliphatic carbocycles. The lowest BCUT2D eigenvalue weighted by Gasteiger charge is -2.40. The van der Waals surface area contributed by atoms with Crippen LogP contribution in [0.2, 0.25) is 0 Å². The van der Waals surface area contributed by atoms with Gasteiger partial charge in [-0.25, -0.2) is 18.0 Å². The van der Waals surface area contributed by atoms with E-state index >= 15 is 0 Å². The van der Waals surface area contributed by atoms with E-state index in [-0.39, 0.29) is 23.4 Å². The maximum atomic E-state index is 13.0. The second-order valence-electron chi connectivity index (χ2n) is 7.25. The molecule has 29 heavy (non-hydrogen) atoms. The number of amides is 2. The minimum Gasteiger partial charge on any atom is -0.438 e. The molecule has 2 aliphatic heterocycles. The van der Waals surface area contributed by atoms with E-state index in [1.165, 1.54) is 7.11 Å². The average molecular weight is 426 g/mol. The lowest BCUT2D eigenvalue weighted by atomic mass is 9.89. The number of ether oxygens (including phenoxy) is 3. The molecule has 0 aromatic heterocycles. The Labute approximate surface area is 170 Å². The van der Waals surface area contributed by atoms with Gasteiger partial charge in [-0.05, 0) is 24.1 Å². The first-order valence-electron chi connectivity index (χ1n) is 9.44. The Kier molecular flexibility index (Phi) is 6.63. The minimum absolute atomic E-state index is 0.1000. The number of methoxy groups -OCH3 is 1. The van der Waals surface area contributed by atoms with Crippen molar-refractivity contribution < 1.29 is 32.2 Å². The Balaban J connectivity index is 1.79. The fourth-order valence-corrected chi connectivity index (χ4v) is 4.29. The first-order chi connectivity index (χ1) is 13.8. The van der Waals surface area contributed by atoms with Gasteiger partial charge in [0.1, 0.15) is 6.10 Å². The molecular weight excluding hydrogens is 400 g/mol. The molecule has 1 aromatic carbocycles. The van der Waals surface area contributed by atoms with Crippen LogP contribution in [-0.2, 0) is 24.0 Å². The number of hydrogen-bond acceptors (Lipinski definition) is 7. The second kappa shape index (κ2) is 9.00. The number of sulfone groups is 1. The van der Waals surface area contributed by atoms with Crippen molar-refractivity contribution >= 4 is 22.0 Å². The van der Waals surface area contributed by atoms with Gasteiger partial charge in [0.05, 0.1) is 31.8 Å². The Morgan fingerprint density at radius 3 is 2.31 bits per heavy atom. The third-order valence-corrected chi connectivity index (χ3v) is 6.30. The van der Waals surface area contributed by atoms with E-state index in [0.717, 1.165) is 11.8 Å². The molecule has 2 unspecified atom stereocenters. The molecule has 2 fully saturated rings. The van der Waals surface area contributed by atoms with E-state index in [4.69, 9.17) is 9.47 Å². The molecule has 2 amide bonds. The quantitative estimate of drug-likeness (QED) is 0.675. The SMILES string of the molecule is COC(=O)OC1CC(c2ccc(S(C)(=O)=O)cc2)CN(C(=O)N2CCOCC2)C1. The maximum Gasteiger partial charge on any atom is 0.508 e. The highest BCUT2D eigenvalue weighted by atomic mass is 32.2. The third-order valence-electron chi connectivity index (χ3n) is 5.17. The predicted octanol–water partition coefficient (Wildman–Crippen LogP) is 1.48. The molecular formula is C19H26N2O7S. The van der Waals surface area contributed by atoms with E-state index in [1.54, 1.807) is 34.1 Å². The van der Waals surface area contributed by atoms with Gasteiger partial charge in [-0.1, -0.05) is 12.1 Å². The monoisotopic (exact) mass is 426 g/mol. The number of likely N-dealkylation sites (tertiary alicyclic amines) is 1. The van der Waals surface area contributed by atoms with Gasteiger partial charge in [0, 0.05) is 31.8 Å². The summed E-state index contributed by atoms with van der Waals surface area (Å²) in [5.41, 5.74) is 0.885. The summed E-state index contributed by atoms with van der Waals surface area (Å²) >= 11 is 0. The summed E-state index contributed by atoms with van der Waals surface area (Å²) in [5, 5.41) is 0. The molecule has 1 aromatic rings. The molecule has 160 valence electrons. The van der Waals surface area contributed by atoms with Gasteiger partial charge in [-0.3, -0.25) is 0 Å². The van der Waals surface area contributed by atoms with Crippen LogP contribution in [0.1, 0.15) is 17.9 Å². The smallest absolute Gasteiger partial charge is 0.438 e. The number of nitrogens with zero attached hydrogens (tertiary/aromatic N) is 2. The summed E-state index contributed by atoms with van der Waals surface area (Å²) in [6.45, 7) is 2.77. The number of rotatable bonds is 3. The highest BCUT2D eigenvalue weighted by Crippen LogP contribution is 2.30. The zero-order valence-corrected chi connectivity index (χ0v) is 17.4. The van der Waals surface area contributed by atoms with Gasteiger partial charge in [0.15, 0.2) is 9.84 Å². The number of morpholine rings is 1. The van der Waals surface area contributed by atoms with Crippen molar-refractivity contribution in [1.82, 2.24) is 9.80 Å².